The molecule has 1 aromatic carbocycles. The summed E-state index contributed by atoms with van der Waals surface area (Å²) in [5.41, 5.74) is 2.53. The van der Waals surface area contributed by atoms with Gasteiger partial charge in [0.2, 0.25) is 0 Å². The SMILES string of the molecule is Cn1c(=O)c(C#N)c(N(C)[C@H]2CC[C@H](N(CC3CCOCC3)c3ccc(F)cc3)CC2)c2nc(C#N)ccc21. The molecule has 0 bridgehead atoms. The van der Waals surface area contributed by atoms with Gasteiger partial charge in [-0.25, -0.2) is 9.37 Å². The van der Waals surface area contributed by atoms with Crippen LogP contribution in [0.4, 0.5) is 15.8 Å². The molecule has 0 unspecified atom stereocenters. The molecule has 5 rings (SSSR count). The molecule has 8 nitrogen and oxygen atoms in total. The second kappa shape index (κ2) is 11.4. The Morgan fingerprint density at radius 2 is 1.67 bits per heavy atom. The molecule has 0 atom stereocenters. The molecule has 1 aliphatic heterocycles. The van der Waals surface area contributed by atoms with Crippen molar-refractivity contribution in [3.8, 4) is 12.1 Å². The third-order valence-electron chi connectivity index (χ3n) is 8.40. The van der Waals surface area contributed by atoms with Gasteiger partial charge >= 0.3 is 0 Å². The van der Waals surface area contributed by atoms with Crippen molar-refractivity contribution in [3.63, 3.8) is 0 Å². The van der Waals surface area contributed by atoms with E-state index in [0.29, 0.717) is 28.7 Å². The molecule has 202 valence electrons. The number of benzene rings is 1. The van der Waals surface area contributed by atoms with Gasteiger partial charge in [0.1, 0.15) is 34.7 Å². The molecular weight excluding hydrogens is 495 g/mol. The maximum absolute atomic E-state index is 13.7. The fourth-order valence-electron chi connectivity index (χ4n) is 6.14. The summed E-state index contributed by atoms with van der Waals surface area (Å²) in [5.74, 6) is 0.299. The van der Waals surface area contributed by atoms with Gasteiger partial charge in [0, 0.05) is 51.6 Å². The number of aryl methyl sites for hydroxylation is 1. The molecule has 0 N–H and O–H groups in total. The minimum absolute atomic E-state index is 0.0460. The fourth-order valence-corrected chi connectivity index (χ4v) is 6.14. The van der Waals surface area contributed by atoms with E-state index in [9.17, 15) is 19.7 Å². The molecule has 9 heteroatoms. The Hall–Kier alpha value is -3.95. The average molecular weight is 529 g/mol. The Bertz CT molecular complexity index is 1480. The van der Waals surface area contributed by atoms with Crippen LogP contribution in [0.15, 0.2) is 41.2 Å². The van der Waals surface area contributed by atoms with Crippen LogP contribution in [0.3, 0.4) is 0 Å². The molecule has 0 spiro atoms. The standard InChI is InChI=1S/C30H33FN6O2/c1-35(29-26(18-33)30(38)36(2)27-12-5-22(17-32)34-28(27)29)23-8-10-25(11-9-23)37(19-20-13-15-39-16-14-20)24-6-3-21(31)4-7-24/h3-7,12,20,23,25H,8-11,13-16,19H2,1-2H3/t23-,25-. The first-order valence-corrected chi connectivity index (χ1v) is 13.6. The van der Waals surface area contributed by atoms with Gasteiger partial charge in [-0.2, -0.15) is 10.5 Å². The second-order valence-corrected chi connectivity index (χ2v) is 10.6. The number of anilines is 2. The zero-order valence-electron chi connectivity index (χ0n) is 22.4. The molecule has 0 amide bonds. The number of fused-ring (bicyclic) bond motifs is 1. The summed E-state index contributed by atoms with van der Waals surface area (Å²) in [6.07, 6.45) is 5.65. The van der Waals surface area contributed by atoms with Crippen LogP contribution >= 0.6 is 0 Å². The number of nitrogens with zero attached hydrogens (tertiary/aromatic N) is 6. The van der Waals surface area contributed by atoms with Crippen molar-refractivity contribution in [2.45, 2.75) is 50.6 Å². The van der Waals surface area contributed by atoms with Crippen LogP contribution in [0.2, 0.25) is 0 Å². The summed E-state index contributed by atoms with van der Waals surface area (Å²) in [6.45, 7) is 2.48. The third kappa shape index (κ3) is 5.32. The lowest BCUT2D eigenvalue weighted by Crippen LogP contribution is -2.46. The highest BCUT2D eigenvalue weighted by molar-refractivity contribution is 5.92. The Morgan fingerprint density at radius 3 is 2.31 bits per heavy atom. The first-order chi connectivity index (χ1) is 18.9. The number of pyridine rings is 2. The Morgan fingerprint density at radius 1 is 1.00 bits per heavy atom. The number of aromatic nitrogens is 2. The van der Waals surface area contributed by atoms with Crippen LogP contribution in [-0.2, 0) is 11.8 Å². The minimum Gasteiger partial charge on any atom is -0.381 e. The Labute approximate surface area is 227 Å². The van der Waals surface area contributed by atoms with Crippen LogP contribution < -0.4 is 15.4 Å². The number of hydrogen-bond acceptors (Lipinski definition) is 7. The normalized spacial score (nSPS) is 19.8. The van der Waals surface area contributed by atoms with Gasteiger partial charge in [-0.1, -0.05) is 0 Å². The number of hydrogen-bond donors (Lipinski definition) is 0. The highest BCUT2D eigenvalue weighted by Crippen LogP contribution is 2.35. The Balaban J connectivity index is 1.41. The highest BCUT2D eigenvalue weighted by Gasteiger charge is 2.32. The summed E-state index contributed by atoms with van der Waals surface area (Å²) in [5, 5.41) is 19.4. The maximum atomic E-state index is 13.7. The number of nitriles is 2. The second-order valence-electron chi connectivity index (χ2n) is 10.6. The van der Waals surface area contributed by atoms with E-state index in [1.165, 1.54) is 16.7 Å². The van der Waals surface area contributed by atoms with Gasteiger partial charge in [-0.15, -0.1) is 0 Å². The van der Waals surface area contributed by atoms with E-state index in [4.69, 9.17) is 4.74 Å². The van der Waals surface area contributed by atoms with E-state index in [0.717, 1.165) is 64.0 Å². The molecular formula is C30H33FN6O2. The molecule has 39 heavy (non-hydrogen) atoms. The third-order valence-corrected chi connectivity index (χ3v) is 8.40. The van der Waals surface area contributed by atoms with Crippen molar-refractivity contribution < 1.29 is 9.13 Å². The zero-order valence-corrected chi connectivity index (χ0v) is 22.4. The largest absolute Gasteiger partial charge is 0.381 e. The molecule has 1 aliphatic carbocycles. The van der Waals surface area contributed by atoms with Crippen LogP contribution in [-0.4, -0.2) is 48.4 Å². The van der Waals surface area contributed by atoms with Crippen molar-refractivity contribution in [1.29, 1.82) is 10.5 Å². The molecule has 1 saturated heterocycles. The van der Waals surface area contributed by atoms with Crippen LogP contribution in [0.1, 0.15) is 49.8 Å². The molecule has 0 radical (unpaired) electrons. The van der Waals surface area contributed by atoms with Crippen molar-refractivity contribution in [3.05, 3.63) is 63.8 Å². The minimum atomic E-state index is -0.369. The van der Waals surface area contributed by atoms with Gasteiger partial charge in [0.15, 0.2) is 0 Å². The first kappa shape index (κ1) is 26.6. The monoisotopic (exact) mass is 528 g/mol. The topological polar surface area (TPSA) is 98.2 Å². The van der Waals surface area contributed by atoms with E-state index in [1.54, 1.807) is 19.2 Å². The lowest BCUT2D eigenvalue weighted by molar-refractivity contribution is 0.0674. The summed E-state index contributed by atoms with van der Waals surface area (Å²) >= 11 is 0. The smallest absolute Gasteiger partial charge is 0.270 e. The maximum Gasteiger partial charge on any atom is 0.270 e. The molecule has 1 saturated carbocycles. The average Bonchev–Trinajstić information content (AvgIpc) is 2.98. The van der Waals surface area contributed by atoms with Crippen LogP contribution in [0, 0.1) is 34.4 Å². The summed E-state index contributed by atoms with van der Waals surface area (Å²) in [4.78, 5) is 22.0. The van der Waals surface area contributed by atoms with Gasteiger partial charge < -0.3 is 19.1 Å². The fraction of sp³-hybridized carbons (Fsp3) is 0.467. The molecule has 3 aromatic rings. The van der Waals surface area contributed by atoms with Crippen molar-refractivity contribution in [2.75, 3.05) is 36.6 Å². The molecule has 2 aromatic heterocycles. The predicted octanol–water partition coefficient (Wildman–Crippen LogP) is 4.50. The van der Waals surface area contributed by atoms with Crippen LogP contribution in [0.5, 0.6) is 0 Å². The lowest BCUT2D eigenvalue weighted by atomic mass is 9.87. The number of ether oxygens (including phenoxy) is 1. The van der Waals surface area contributed by atoms with Crippen LogP contribution in [0.25, 0.3) is 11.0 Å². The summed E-state index contributed by atoms with van der Waals surface area (Å²) in [7, 11) is 3.54. The summed E-state index contributed by atoms with van der Waals surface area (Å²) < 4.78 is 20.7. The van der Waals surface area contributed by atoms with Gasteiger partial charge in [0.05, 0.1) is 11.2 Å². The Kier molecular flexibility index (Phi) is 7.81. The number of halogens is 1. The van der Waals surface area contributed by atoms with Gasteiger partial charge in [0.25, 0.3) is 5.56 Å². The van der Waals surface area contributed by atoms with Crippen molar-refractivity contribution in [2.24, 2.45) is 13.0 Å². The quantitative estimate of drug-likeness (QED) is 0.465. The van der Waals surface area contributed by atoms with Crippen molar-refractivity contribution in [1.82, 2.24) is 9.55 Å². The van der Waals surface area contributed by atoms with E-state index >= 15 is 0 Å². The first-order valence-electron chi connectivity index (χ1n) is 13.6. The molecule has 3 heterocycles. The molecule has 2 aliphatic rings. The van der Waals surface area contributed by atoms with E-state index in [-0.39, 0.29) is 28.7 Å². The lowest BCUT2D eigenvalue weighted by Gasteiger charge is -2.43. The highest BCUT2D eigenvalue weighted by atomic mass is 19.1. The van der Waals surface area contributed by atoms with E-state index in [2.05, 4.69) is 22.0 Å². The van der Waals surface area contributed by atoms with E-state index < -0.39 is 0 Å². The van der Waals surface area contributed by atoms with E-state index in [1.807, 2.05) is 24.1 Å². The number of rotatable bonds is 6. The summed E-state index contributed by atoms with van der Waals surface area (Å²) in [6, 6.07) is 14.7. The van der Waals surface area contributed by atoms with Gasteiger partial charge in [-0.3, -0.25) is 4.79 Å². The predicted molar refractivity (Wildman–Crippen MR) is 148 cm³/mol. The molecule has 2 fully saturated rings. The van der Waals surface area contributed by atoms with Crippen molar-refractivity contribution >= 4 is 22.4 Å². The van der Waals surface area contributed by atoms with Gasteiger partial charge in [-0.05, 0) is 80.8 Å². The zero-order chi connectivity index (χ0) is 27.5.